The third kappa shape index (κ3) is 3.17. The van der Waals surface area contributed by atoms with Crippen molar-refractivity contribution in [1.82, 2.24) is 29.2 Å². The molecule has 0 saturated carbocycles. The van der Waals surface area contributed by atoms with Gasteiger partial charge in [-0.05, 0) is 19.1 Å². The van der Waals surface area contributed by atoms with E-state index in [0.29, 0.717) is 19.7 Å². The molecule has 0 unspecified atom stereocenters. The fraction of sp³-hybridized carbons (Fsp3) is 0.500. The molecule has 0 fully saturated rings. The zero-order valence-corrected chi connectivity index (χ0v) is 16.8. The van der Waals surface area contributed by atoms with Crippen molar-refractivity contribution in [3.05, 3.63) is 41.7 Å². The maximum Gasteiger partial charge on any atom is 0.243 e. The molecule has 1 aliphatic heterocycles. The van der Waals surface area contributed by atoms with Gasteiger partial charge >= 0.3 is 0 Å². The van der Waals surface area contributed by atoms with Gasteiger partial charge in [0.25, 0.3) is 0 Å². The maximum absolute atomic E-state index is 13.2. The van der Waals surface area contributed by atoms with Gasteiger partial charge in [-0.3, -0.25) is 4.79 Å². The van der Waals surface area contributed by atoms with Crippen LogP contribution >= 0.6 is 0 Å². The van der Waals surface area contributed by atoms with Crippen molar-refractivity contribution < 1.29 is 9.53 Å². The number of ether oxygens (including phenoxy) is 1. The summed E-state index contributed by atoms with van der Waals surface area (Å²) in [6.45, 7) is 8.07. The molecule has 0 radical (unpaired) electrons. The predicted molar refractivity (Wildman–Crippen MR) is 105 cm³/mol. The Morgan fingerprint density at radius 1 is 1.29 bits per heavy atom. The standard InChI is InChI=1S/C20H26N6O2/c1-13(2)20-21-15-7-5-6-8-16(15)25(20)11-19(27)24-9-14(3)26-17(10-24)22-23-18(26)12-28-4/h5-8,13-14H,9-12H2,1-4H3/t14-/m0/s1. The van der Waals surface area contributed by atoms with E-state index >= 15 is 0 Å². The molecular weight excluding hydrogens is 356 g/mol. The number of fused-ring (bicyclic) bond motifs is 2. The van der Waals surface area contributed by atoms with E-state index in [1.165, 1.54) is 0 Å². The minimum absolute atomic E-state index is 0.0689. The number of imidazole rings is 1. The van der Waals surface area contributed by atoms with Gasteiger partial charge in [-0.2, -0.15) is 0 Å². The van der Waals surface area contributed by atoms with E-state index in [2.05, 4.69) is 35.5 Å². The van der Waals surface area contributed by atoms with Gasteiger partial charge < -0.3 is 18.8 Å². The van der Waals surface area contributed by atoms with Crippen molar-refractivity contribution >= 4 is 16.9 Å². The molecule has 3 aromatic rings. The zero-order chi connectivity index (χ0) is 19.8. The van der Waals surface area contributed by atoms with Crippen LogP contribution in [-0.4, -0.2) is 48.8 Å². The first-order chi connectivity index (χ1) is 13.5. The van der Waals surface area contributed by atoms with E-state index in [9.17, 15) is 4.79 Å². The van der Waals surface area contributed by atoms with Gasteiger partial charge in [-0.25, -0.2) is 4.98 Å². The third-order valence-electron chi connectivity index (χ3n) is 5.21. The van der Waals surface area contributed by atoms with Crippen LogP contribution in [0.5, 0.6) is 0 Å². The lowest BCUT2D eigenvalue weighted by Gasteiger charge is -2.33. The summed E-state index contributed by atoms with van der Waals surface area (Å²) < 4.78 is 9.33. The van der Waals surface area contributed by atoms with Crippen molar-refractivity contribution in [3.63, 3.8) is 0 Å². The van der Waals surface area contributed by atoms with Gasteiger partial charge in [0.15, 0.2) is 11.6 Å². The summed E-state index contributed by atoms with van der Waals surface area (Å²) in [7, 11) is 1.65. The number of hydrogen-bond acceptors (Lipinski definition) is 5. The Kier molecular flexibility index (Phi) is 4.89. The van der Waals surface area contributed by atoms with Crippen molar-refractivity contribution in [2.75, 3.05) is 13.7 Å². The number of carbonyl (C=O) groups is 1. The lowest BCUT2D eigenvalue weighted by Crippen LogP contribution is -2.42. The fourth-order valence-electron chi connectivity index (χ4n) is 3.97. The van der Waals surface area contributed by atoms with E-state index in [0.717, 1.165) is 28.5 Å². The molecule has 28 heavy (non-hydrogen) atoms. The summed E-state index contributed by atoms with van der Waals surface area (Å²) in [4.78, 5) is 19.8. The Hall–Kier alpha value is -2.74. The molecule has 148 valence electrons. The molecular formula is C20H26N6O2. The summed E-state index contributed by atoms with van der Waals surface area (Å²) in [6.07, 6.45) is 0. The molecule has 8 nitrogen and oxygen atoms in total. The first-order valence-electron chi connectivity index (χ1n) is 9.64. The van der Waals surface area contributed by atoms with E-state index in [1.807, 2.05) is 33.7 Å². The number of aromatic nitrogens is 5. The van der Waals surface area contributed by atoms with Gasteiger partial charge in [0.2, 0.25) is 5.91 Å². The van der Waals surface area contributed by atoms with Crippen LogP contribution in [0, 0.1) is 0 Å². The summed E-state index contributed by atoms with van der Waals surface area (Å²) in [5, 5.41) is 8.49. The first kappa shape index (κ1) is 18.6. The van der Waals surface area contributed by atoms with Crippen molar-refractivity contribution in [1.29, 1.82) is 0 Å². The topological polar surface area (TPSA) is 78.1 Å². The van der Waals surface area contributed by atoms with Crippen LogP contribution in [-0.2, 0) is 29.2 Å². The van der Waals surface area contributed by atoms with E-state index in [1.54, 1.807) is 7.11 Å². The van der Waals surface area contributed by atoms with Crippen molar-refractivity contribution in [2.45, 2.75) is 52.4 Å². The molecule has 2 aromatic heterocycles. The number of carbonyl (C=O) groups excluding carboxylic acids is 1. The molecule has 0 saturated heterocycles. The fourth-order valence-corrected chi connectivity index (χ4v) is 3.97. The molecule has 1 aliphatic rings. The monoisotopic (exact) mass is 382 g/mol. The van der Waals surface area contributed by atoms with Gasteiger partial charge in [0.05, 0.1) is 23.6 Å². The van der Waals surface area contributed by atoms with Crippen molar-refractivity contribution in [2.24, 2.45) is 0 Å². The maximum atomic E-state index is 13.2. The SMILES string of the molecule is COCc1nnc2n1[C@@H](C)CN(C(=O)Cn1c(C(C)C)nc3ccccc31)C2. The van der Waals surface area contributed by atoms with Crippen LogP contribution in [0.4, 0.5) is 0 Å². The molecule has 0 aliphatic carbocycles. The van der Waals surface area contributed by atoms with Crippen LogP contribution in [0.15, 0.2) is 24.3 Å². The summed E-state index contributed by atoms with van der Waals surface area (Å²) in [5.74, 6) is 2.85. The molecule has 1 amide bonds. The van der Waals surface area contributed by atoms with Crippen LogP contribution < -0.4 is 0 Å². The zero-order valence-electron chi connectivity index (χ0n) is 16.8. The van der Waals surface area contributed by atoms with E-state index in [4.69, 9.17) is 9.72 Å². The van der Waals surface area contributed by atoms with Gasteiger partial charge in [0, 0.05) is 19.6 Å². The number of amides is 1. The number of methoxy groups -OCH3 is 1. The molecule has 8 heteroatoms. The number of para-hydroxylation sites is 2. The highest BCUT2D eigenvalue weighted by atomic mass is 16.5. The number of nitrogens with zero attached hydrogens (tertiary/aromatic N) is 6. The molecule has 0 spiro atoms. The van der Waals surface area contributed by atoms with E-state index < -0.39 is 0 Å². The van der Waals surface area contributed by atoms with Gasteiger partial charge in [-0.1, -0.05) is 26.0 Å². The predicted octanol–water partition coefficient (Wildman–Crippen LogP) is 2.50. The molecule has 4 rings (SSSR count). The Labute approximate surface area is 164 Å². The average Bonchev–Trinajstić information content (AvgIpc) is 3.24. The van der Waals surface area contributed by atoms with Crippen LogP contribution in [0.2, 0.25) is 0 Å². The third-order valence-corrected chi connectivity index (χ3v) is 5.21. The van der Waals surface area contributed by atoms with Gasteiger partial charge in [0.1, 0.15) is 19.0 Å². The molecule has 1 aromatic carbocycles. The first-order valence-corrected chi connectivity index (χ1v) is 9.64. The van der Waals surface area contributed by atoms with Crippen LogP contribution in [0.3, 0.4) is 0 Å². The second-order valence-electron chi connectivity index (χ2n) is 7.66. The summed E-state index contributed by atoms with van der Waals surface area (Å²) >= 11 is 0. The minimum Gasteiger partial charge on any atom is -0.377 e. The van der Waals surface area contributed by atoms with Crippen LogP contribution in [0.25, 0.3) is 11.0 Å². The highest BCUT2D eigenvalue weighted by Gasteiger charge is 2.29. The summed E-state index contributed by atoms with van der Waals surface area (Å²) in [5.41, 5.74) is 1.92. The van der Waals surface area contributed by atoms with Crippen molar-refractivity contribution in [3.8, 4) is 0 Å². The Bertz CT molecular complexity index is 1010. The molecule has 0 bridgehead atoms. The Balaban J connectivity index is 1.60. The largest absolute Gasteiger partial charge is 0.377 e. The smallest absolute Gasteiger partial charge is 0.243 e. The second kappa shape index (κ2) is 7.35. The second-order valence-corrected chi connectivity index (χ2v) is 7.66. The Morgan fingerprint density at radius 2 is 2.07 bits per heavy atom. The highest BCUT2D eigenvalue weighted by Crippen LogP contribution is 2.25. The van der Waals surface area contributed by atoms with Gasteiger partial charge in [-0.15, -0.1) is 10.2 Å². The molecule has 3 heterocycles. The minimum atomic E-state index is 0.0689. The average molecular weight is 382 g/mol. The number of hydrogen-bond donors (Lipinski definition) is 0. The molecule has 1 atom stereocenters. The van der Waals surface area contributed by atoms with E-state index in [-0.39, 0.29) is 24.4 Å². The Morgan fingerprint density at radius 3 is 2.82 bits per heavy atom. The highest BCUT2D eigenvalue weighted by molar-refractivity contribution is 5.81. The quantitative estimate of drug-likeness (QED) is 0.677. The molecule has 0 N–H and O–H groups in total. The number of benzene rings is 1. The normalized spacial score (nSPS) is 16.8. The lowest BCUT2D eigenvalue weighted by molar-refractivity contribution is -0.133. The lowest BCUT2D eigenvalue weighted by atomic mass is 10.2. The summed E-state index contributed by atoms with van der Waals surface area (Å²) in [6, 6.07) is 8.08. The van der Waals surface area contributed by atoms with Crippen LogP contribution in [0.1, 0.15) is 50.2 Å². The number of rotatable bonds is 5.